The molecule has 0 saturated heterocycles. The third kappa shape index (κ3) is 29.9. The molecule has 0 aromatic rings. The summed E-state index contributed by atoms with van der Waals surface area (Å²) >= 11 is 0. The average Bonchev–Trinajstić information content (AvgIpc) is 3.52. The molecule has 0 bridgehead atoms. The summed E-state index contributed by atoms with van der Waals surface area (Å²) in [6.45, 7) is 3.27. The number of carbonyl (C=O) groups excluding carboxylic acids is 2. The van der Waals surface area contributed by atoms with E-state index in [0.717, 1.165) is 37.7 Å². The molecule has 3 N–H and O–H groups in total. The topological polar surface area (TPSA) is 149 Å². The van der Waals surface area contributed by atoms with Gasteiger partial charge in [-0.05, 0) is 44.6 Å². The Bertz CT molecular complexity index is 1130. The first kappa shape index (κ1) is 51.1. The Labute approximate surface area is 333 Å². The predicted molar refractivity (Wildman–Crippen MR) is 222 cm³/mol. The standard InChI is InChI=1S/C44H77O10P/c1-3-5-7-9-11-12-13-14-15-16-17-18-19-20-24-28-34-51-37-41(38-53-55(49,50)52-36-40(46)35-45)54-44(48)31-27-23-22-25-29-39-32-33-43(47)42(39)30-26-21-10-8-6-4-2/h21-22,25-26,30,32-33,39-41,45-46H,3-20,23-24,27-29,31,34-38H2,1-2H3,(H,49,50)/b25-22+,26-21+,42-30-/t39-,40+,41-/m1/s1. The molecule has 0 amide bonds. The highest BCUT2D eigenvalue weighted by Crippen LogP contribution is 2.43. The van der Waals surface area contributed by atoms with Crippen molar-refractivity contribution < 1.29 is 47.8 Å². The van der Waals surface area contributed by atoms with Gasteiger partial charge in [0.1, 0.15) is 12.2 Å². The van der Waals surface area contributed by atoms with Gasteiger partial charge in [-0.3, -0.25) is 18.6 Å². The molecule has 0 heterocycles. The van der Waals surface area contributed by atoms with Gasteiger partial charge in [-0.1, -0.05) is 159 Å². The van der Waals surface area contributed by atoms with Gasteiger partial charge in [-0.25, -0.2) is 4.57 Å². The number of allylic oxidation sites excluding steroid dienone is 8. The second-order valence-corrected chi connectivity index (χ2v) is 16.3. The average molecular weight is 797 g/mol. The molecule has 0 spiro atoms. The van der Waals surface area contributed by atoms with Crippen LogP contribution < -0.4 is 0 Å². The van der Waals surface area contributed by atoms with Crippen molar-refractivity contribution in [2.45, 2.75) is 180 Å². The fourth-order valence-electron chi connectivity index (χ4n) is 6.28. The number of carbonyl (C=O) groups is 2. The highest BCUT2D eigenvalue weighted by Gasteiger charge is 2.26. The van der Waals surface area contributed by atoms with E-state index < -0.39 is 45.8 Å². The Hall–Kier alpha value is -1.91. The summed E-state index contributed by atoms with van der Waals surface area (Å²) in [7, 11) is -4.56. The van der Waals surface area contributed by atoms with E-state index in [1.165, 1.54) is 96.3 Å². The van der Waals surface area contributed by atoms with Gasteiger partial charge in [0, 0.05) is 24.5 Å². The third-order valence-electron chi connectivity index (χ3n) is 9.67. The Balaban J connectivity index is 2.36. The minimum Gasteiger partial charge on any atom is -0.457 e. The third-order valence-corrected chi connectivity index (χ3v) is 10.6. The predicted octanol–water partition coefficient (Wildman–Crippen LogP) is 10.6. The number of aliphatic hydroxyl groups is 2. The van der Waals surface area contributed by atoms with Crippen molar-refractivity contribution in [3.8, 4) is 0 Å². The van der Waals surface area contributed by atoms with Gasteiger partial charge >= 0.3 is 13.8 Å². The number of hydrogen-bond acceptors (Lipinski definition) is 9. The zero-order valence-corrected chi connectivity index (χ0v) is 35.3. The monoisotopic (exact) mass is 797 g/mol. The quantitative estimate of drug-likeness (QED) is 0.0181. The second kappa shape index (κ2) is 35.3. The van der Waals surface area contributed by atoms with Crippen LogP contribution in [0.2, 0.25) is 0 Å². The van der Waals surface area contributed by atoms with Crippen molar-refractivity contribution in [2.24, 2.45) is 5.92 Å². The fraction of sp³-hybridized carbons (Fsp3) is 0.773. The molecule has 0 aromatic heterocycles. The van der Waals surface area contributed by atoms with E-state index in [0.29, 0.717) is 25.9 Å². The first-order valence-corrected chi connectivity index (χ1v) is 23.1. The van der Waals surface area contributed by atoms with E-state index in [4.69, 9.17) is 23.6 Å². The maximum absolute atomic E-state index is 12.7. The van der Waals surface area contributed by atoms with Crippen LogP contribution in [0.1, 0.15) is 168 Å². The van der Waals surface area contributed by atoms with Gasteiger partial charge in [0.15, 0.2) is 5.78 Å². The lowest BCUT2D eigenvalue weighted by Crippen LogP contribution is -2.29. The number of ketones is 1. The molecule has 0 aliphatic heterocycles. The van der Waals surface area contributed by atoms with Crippen LogP contribution in [-0.2, 0) is 32.7 Å². The lowest BCUT2D eigenvalue weighted by Gasteiger charge is -2.20. The molecular weight excluding hydrogens is 719 g/mol. The van der Waals surface area contributed by atoms with Gasteiger partial charge in [0.05, 0.1) is 26.4 Å². The number of phosphoric acid groups is 1. The van der Waals surface area contributed by atoms with Crippen LogP contribution in [0, 0.1) is 5.92 Å². The number of rotatable bonds is 38. The summed E-state index contributed by atoms with van der Waals surface area (Å²) in [4.78, 5) is 35.0. The maximum Gasteiger partial charge on any atom is 0.472 e. The largest absolute Gasteiger partial charge is 0.472 e. The number of phosphoric ester groups is 1. The van der Waals surface area contributed by atoms with Crippen molar-refractivity contribution >= 4 is 19.6 Å². The van der Waals surface area contributed by atoms with Crippen LogP contribution in [0.15, 0.2) is 48.1 Å². The molecule has 4 atom stereocenters. The highest BCUT2D eigenvalue weighted by atomic mass is 31.2. The summed E-state index contributed by atoms with van der Waals surface area (Å²) in [6.07, 6.45) is 38.5. The number of esters is 1. The van der Waals surface area contributed by atoms with Gasteiger partial charge < -0.3 is 24.6 Å². The zero-order chi connectivity index (χ0) is 40.2. The summed E-state index contributed by atoms with van der Waals surface area (Å²) in [5, 5.41) is 18.4. The molecule has 0 radical (unpaired) electrons. The van der Waals surface area contributed by atoms with Crippen LogP contribution in [-0.4, -0.2) is 72.1 Å². The van der Waals surface area contributed by atoms with E-state index in [-0.39, 0.29) is 24.7 Å². The normalized spacial score (nSPS) is 17.5. The SMILES string of the molecule is CCCCC/C=C/C=C1\C(=O)C=C[C@H]1C/C=C/CCCC(=O)O[C@H](COCCCCCCCCCCCCCCCCCC)COP(=O)(O)OC[C@@H](O)CO. The van der Waals surface area contributed by atoms with Crippen molar-refractivity contribution in [2.75, 3.05) is 33.0 Å². The minimum atomic E-state index is -4.56. The smallest absolute Gasteiger partial charge is 0.457 e. The molecule has 1 unspecified atom stereocenters. The summed E-state index contributed by atoms with van der Waals surface area (Å²) in [5.41, 5.74) is 0.799. The molecule has 55 heavy (non-hydrogen) atoms. The first-order valence-electron chi connectivity index (χ1n) is 21.6. The van der Waals surface area contributed by atoms with Gasteiger partial charge in [0.2, 0.25) is 0 Å². The summed E-state index contributed by atoms with van der Waals surface area (Å²) < 4.78 is 33.4. The molecule has 11 heteroatoms. The number of aliphatic hydroxyl groups excluding tert-OH is 2. The molecular formula is C44H77O10P. The van der Waals surface area contributed by atoms with Crippen LogP contribution in [0.3, 0.4) is 0 Å². The Morgan fingerprint density at radius 2 is 1.33 bits per heavy atom. The van der Waals surface area contributed by atoms with Gasteiger partial charge in [-0.2, -0.15) is 0 Å². The van der Waals surface area contributed by atoms with Crippen LogP contribution in [0.25, 0.3) is 0 Å². The van der Waals surface area contributed by atoms with E-state index in [1.807, 2.05) is 30.4 Å². The Morgan fingerprint density at radius 1 is 0.764 bits per heavy atom. The van der Waals surface area contributed by atoms with E-state index in [2.05, 4.69) is 19.9 Å². The van der Waals surface area contributed by atoms with Crippen molar-refractivity contribution in [1.82, 2.24) is 0 Å². The van der Waals surface area contributed by atoms with Crippen molar-refractivity contribution in [1.29, 1.82) is 0 Å². The highest BCUT2D eigenvalue weighted by molar-refractivity contribution is 7.47. The first-order chi connectivity index (χ1) is 26.7. The van der Waals surface area contributed by atoms with Crippen LogP contribution in [0.5, 0.6) is 0 Å². The lowest BCUT2D eigenvalue weighted by atomic mass is 9.97. The number of hydrogen-bond donors (Lipinski definition) is 3. The lowest BCUT2D eigenvalue weighted by molar-refractivity contribution is -0.154. The summed E-state index contributed by atoms with van der Waals surface area (Å²) in [5.74, 6) is -0.371. The van der Waals surface area contributed by atoms with Crippen molar-refractivity contribution in [3.63, 3.8) is 0 Å². The molecule has 10 nitrogen and oxygen atoms in total. The molecule has 0 saturated carbocycles. The Kier molecular flexibility index (Phi) is 32.8. The minimum absolute atomic E-state index is 0.00105. The summed E-state index contributed by atoms with van der Waals surface area (Å²) in [6, 6.07) is 0. The van der Waals surface area contributed by atoms with Crippen LogP contribution in [0.4, 0.5) is 0 Å². The number of unbranched alkanes of at least 4 members (excludes halogenated alkanes) is 19. The molecule has 1 rings (SSSR count). The number of ether oxygens (including phenoxy) is 2. The van der Waals surface area contributed by atoms with Gasteiger partial charge in [-0.15, -0.1) is 0 Å². The maximum atomic E-state index is 12.7. The zero-order valence-electron chi connectivity index (χ0n) is 34.4. The Morgan fingerprint density at radius 3 is 1.95 bits per heavy atom. The van der Waals surface area contributed by atoms with E-state index in [1.54, 1.807) is 6.08 Å². The second-order valence-electron chi connectivity index (χ2n) is 14.9. The molecule has 318 valence electrons. The van der Waals surface area contributed by atoms with E-state index in [9.17, 15) is 24.2 Å². The molecule has 1 aliphatic rings. The van der Waals surface area contributed by atoms with Crippen molar-refractivity contribution in [3.05, 3.63) is 48.1 Å². The fourth-order valence-corrected chi connectivity index (χ4v) is 7.07. The molecule has 1 aliphatic carbocycles. The van der Waals surface area contributed by atoms with Crippen LogP contribution >= 0.6 is 7.82 Å². The van der Waals surface area contributed by atoms with E-state index >= 15 is 0 Å². The van der Waals surface area contributed by atoms with Gasteiger partial charge in [0.25, 0.3) is 0 Å². The molecule has 0 fully saturated rings. The molecule has 0 aromatic carbocycles.